The summed E-state index contributed by atoms with van der Waals surface area (Å²) in [4.78, 5) is 16.9. The third-order valence-electron chi connectivity index (χ3n) is 6.01. The molecule has 1 amide bonds. The largest absolute Gasteiger partial charge is 0.375 e. The van der Waals surface area contributed by atoms with Gasteiger partial charge in [0.05, 0.1) is 12.7 Å². The van der Waals surface area contributed by atoms with Crippen molar-refractivity contribution < 1.29 is 9.53 Å². The Morgan fingerprint density at radius 3 is 2.65 bits per heavy atom. The molecule has 0 radical (unpaired) electrons. The summed E-state index contributed by atoms with van der Waals surface area (Å²) in [5.74, 6) is 1.89. The molecule has 0 aromatic heterocycles. The highest BCUT2D eigenvalue weighted by Crippen LogP contribution is 2.34. The van der Waals surface area contributed by atoms with E-state index in [-0.39, 0.29) is 5.37 Å². The number of hydrogen-bond donors (Lipinski definition) is 0. The summed E-state index contributed by atoms with van der Waals surface area (Å²) >= 11 is 1.76. The molecule has 2 saturated heterocycles. The van der Waals surface area contributed by atoms with Crippen LogP contribution < -0.4 is 0 Å². The van der Waals surface area contributed by atoms with Crippen LogP contribution in [0, 0.1) is 11.8 Å². The third kappa shape index (κ3) is 4.05. The highest BCUT2D eigenvalue weighted by atomic mass is 32.2. The number of nitrogens with zero attached hydrogens (tertiary/aromatic N) is 2. The first-order valence-electron chi connectivity index (χ1n) is 9.26. The van der Waals surface area contributed by atoms with Crippen molar-refractivity contribution in [3.8, 4) is 0 Å². The minimum Gasteiger partial charge on any atom is -0.375 e. The Balaban J connectivity index is 1.47. The molecule has 5 heteroatoms. The zero-order valence-corrected chi connectivity index (χ0v) is 15.7. The monoisotopic (exact) mass is 340 g/mol. The van der Waals surface area contributed by atoms with E-state index >= 15 is 0 Å². The maximum atomic E-state index is 12.4. The zero-order valence-electron chi connectivity index (χ0n) is 14.9. The minimum absolute atomic E-state index is 0.187. The second-order valence-corrected chi connectivity index (χ2v) is 8.77. The van der Waals surface area contributed by atoms with E-state index < -0.39 is 0 Å². The van der Waals surface area contributed by atoms with Crippen LogP contribution in [0.5, 0.6) is 0 Å². The molecule has 0 bridgehead atoms. The predicted molar refractivity (Wildman–Crippen MR) is 95.5 cm³/mol. The molecule has 132 valence electrons. The molecule has 23 heavy (non-hydrogen) atoms. The lowest BCUT2D eigenvalue weighted by atomic mass is 9.95. The smallest absolute Gasteiger partial charge is 0.225 e. The molecule has 4 atom stereocenters. The summed E-state index contributed by atoms with van der Waals surface area (Å²) in [6, 6.07) is 0.447. The molecule has 0 N–H and O–H groups in total. The maximum absolute atomic E-state index is 12.4. The molecule has 3 fully saturated rings. The van der Waals surface area contributed by atoms with Crippen LogP contribution in [0.2, 0.25) is 0 Å². The first kappa shape index (κ1) is 17.6. The lowest BCUT2D eigenvalue weighted by molar-refractivity contribution is -0.129. The molecular weight excluding hydrogens is 308 g/mol. The van der Waals surface area contributed by atoms with E-state index in [0.29, 0.717) is 31.1 Å². The van der Waals surface area contributed by atoms with E-state index in [1.165, 1.54) is 38.8 Å². The van der Waals surface area contributed by atoms with Gasteiger partial charge in [0.1, 0.15) is 5.37 Å². The average Bonchev–Trinajstić information content (AvgIpc) is 3.06. The Morgan fingerprint density at radius 1 is 1.30 bits per heavy atom. The van der Waals surface area contributed by atoms with Crippen LogP contribution >= 0.6 is 11.8 Å². The summed E-state index contributed by atoms with van der Waals surface area (Å²) in [5, 5.41) is 0.187. The molecule has 3 aliphatic rings. The fourth-order valence-corrected chi connectivity index (χ4v) is 4.85. The molecule has 1 aliphatic carbocycles. The molecule has 2 heterocycles. The molecule has 4 nitrogen and oxygen atoms in total. The van der Waals surface area contributed by atoms with Crippen molar-refractivity contribution in [1.82, 2.24) is 9.80 Å². The average molecular weight is 341 g/mol. The Kier molecular flexibility index (Phi) is 5.92. The van der Waals surface area contributed by atoms with Gasteiger partial charge in [0, 0.05) is 19.0 Å². The number of carbonyl (C=O) groups is 1. The molecule has 3 rings (SSSR count). The highest BCUT2D eigenvalue weighted by Gasteiger charge is 2.39. The summed E-state index contributed by atoms with van der Waals surface area (Å²) in [5.41, 5.74) is 0. The van der Waals surface area contributed by atoms with Gasteiger partial charge in [-0.1, -0.05) is 13.8 Å². The summed E-state index contributed by atoms with van der Waals surface area (Å²) < 4.78 is 6.20. The Hall–Kier alpha value is -0.260. The maximum Gasteiger partial charge on any atom is 0.225 e. The summed E-state index contributed by atoms with van der Waals surface area (Å²) in [6.07, 6.45) is 8.18. The van der Waals surface area contributed by atoms with E-state index in [1.807, 2.05) is 0 Å². The number of likely N-dealkylation sites (tertiary alicyclic amines) is 2. The van der Waals surface area contributed by atoms with Crippen molar-refractivity contribution in [2.24, 2.45) is 11.8 Å². The van der Waals surface area contributed by atoms with Crippen molar-refractivity contribution in [2.75, 3.05) is 32.5 Å². The number of ether oxygens (including phenoxy) is 1. The van der Waals surface area contributed by atoms with E-state index in [1.54, 1.807) is 11.8 Å². The van der Waals surface area contributed by atoms with Crippen molar-refractivity contribution in [3.05, 3.63) is 0 Å². The molecule has 0 aromatic carbocycles. The lowest BCUT2D eigenvalue weighted by Crippen LogP contribution is -2.47. The first-order chi connectivity index (χ1) is 11.1. The van der Waals surface area contributed by atoms with Crippen LogP contribution in [0.1, 0.15) is 46.0 Å². The number of thioether (sulfide) groups is 1. The topological polar surface area (TPSA) is 32.8 Å². The summed E-state index contributed by atoms with van der Waals surface area (Å²) in [6.45, 7) is 8.56. The van der Waals surface area contributed by atoms with Gasteiger partial charge in [-0.25, -0.2) is 0 Å². The molecule has 4 unspecified atom stereocenters. The van der Waals surface area contributed by atoms with Crippen LogP contribution in [0.3, 0.4) is 0 Å². The Bertz CT molecular complexity index is 414. The van der Waals surface area contributed by atoms with Crippen molar-refractivity contribution in [3.63, 3.8) is 0 Å². The van der Waals surface area contributed by atoms with Crippen LogP contribution in [-0.2, 0) is 9.53 Å². The minimum atomic E-state index is 0.187. The van der Waals surface area contributed by atoms with E-state index in [9.17, 15) is 4.79 Å². The van der Waals surface area contributed by atoms with Gasteiger partial charge in [0.15, 0.2) is 0 Å². The molecule has 2 aliphatic heterocycles. The fourth-order valence-electron chi connectivity index (χ4n) is 4.17. The zero-order chi connectivity index (χ0) is 16.4. The number of hydrogen-bond acceptors (Lipinski definition) is 4. The predicted octanol–water partition coefficient (Wildman–Crippen LogP) is 2.82. The van der Waals surface area contributed by atoms with Crippen LogP contribution in [-0.4, -0.2) is 65.7 Å². The number of amides is 1. The van der Waals surface area contributed by atoms with E-state index in [2.05, 4.69) is 29.9 Å². The van der Waals surface area contributed by atoms with E-state index in [4.69, 9.17) is 4.74 Å². The SMILES string of the molecule is CSC(COC1CCC(C(C)C)C1)N1CC(N2CCC2)CC1=O. The van der Waals surface area contributed by atoms with Gasteiger partial charge in [-0.2, -0.15) is 0 Å². The highest BCUT2D eigenvalue weighted by molar-refractivity contribution is 7.99. The van der Waals surface area contributed by atoms with Gasteiger partial charge < -0.3 is 9.64 Å². The second-order valence-electron chi connectivity index (χ2n) is 7.76. The van der Waals surface area contributed by atoms with Crippen LogP contribution in [0.4, 0.5) is 0 Å². The van der Waals surface area contributed by atoms with Crippen molar-refractivity contribution in [1.29, 1.82) is 0 Å². The van der Waals surface area contributed by atoms with E-state index in [0.717, 1.165) is 18.4 Å². The molecule has 1 saturated carbocycles. The number of carbonyl (C=O) groups excluding carboxylic acids is 1. The van der Waals surface area contributed by atoms with Crippen LogP contribution in [0.15, 0.2) is 0 Å². The molecule has 0 spiro atoms. The molecule has 0 aromatic rings. The summed E-state index contributed by atoms with van der Waals surface area (Å²) in [7, 11) is 0. The normalized spacial score (nSPS) is 33.5. The number of rotatable bonds is 7. The third-order valence-corrected chi connectivity index (χ3v) is 6.94. The van der Waals surface area contributed by atoms with Crippen LogP contribution in [0.25, 0.3) is 0 Å². The van der Waals surface area contributed by atoms with Gasteiger partial charge in [-0.05, 0) is 56.9 Å². The second kappa shape index (κ2) is 7.75. The van der Waals surface area contributed by atoms with Gasteiger partial charge in [-0.3, -0.25) is 9.69 Å². The van der Waals surface area contributed by atoms with Gasteiger partial charge in [-0.15, -0.1) is 11.8 Å². The fraction of sp³-hybridized carbons (Fsp3) is 0.944. The van der Waals surface area contributed by atoms with Crippen molar-refractivity contribution >= 4 is 17.7 Å². The van der Waals surface area contributed by atoms with Gasteiger partial charge >= 0.3 is 0 Å². The van der Waals surface area contributed by atoms with Crippen molar-refractivity contribution in [2.45, 2.75) is 63.5 Å². The first-order valence-corrected chi connectivity index (χ1v) is 10.5. The Labute approximate surface area is 145 Å². The van der Waals surface area contributed by atoms with Gasteiger partial charge in [0.2, 0.25) is 5.91 Å². The lowest BCUT2D eigenvalue weighted by Gasteiger charge is -2.36. The Morgan fingerprint density at radius 2 is 2.09 bits per heavy atom. The molecular formula is C18H32N2O2S. The quantitative estimate of drug-likeness (QED) is 0.713. The van der Waals surface area contributed by atoms with Gasteiger partial charge in [0.25, 0.3) is 0 Å². The standard InChI is InChI=1S/C18H32N2O2S/c1-13(2)14-5-6-16(9-14)22-12-18(23-3)20-11-15(10-17(20)21)19-7-4-8-19/h13-16,18H,4-12H2,1-3H3.